The van der Waals surface area contributed by atoms with E-state index < -0.39 is 0 Å². The Morgan fingerprint density at radius 2 is 2.05 bits per heavy atom. The highest BCUT2D eigenvalue weighted by Crippen LogP contribution is 2.19. The van der Waals surface area contributed by atoms with E-state index in [9.17, 15) is 10.1 Å². The van der Waals surface area contributed by atoms with E-state index in [1.807, 2.05) is 33.8 Å². The van der Waals surface area contributed by atoms with E-state index in [-0.39, 0.29) is 11.1 Å². The highest BCUT2D eigenvalue weighted by Gasteiger charge is 2.17. The molecular weight excluding hydrogens is 300 g/mol. The van der Waals surface area contributed by atoms with E-state index >= 15 is 0 Å². The van der Waals surface area contributed by atoms with Gasteiger partial charge in [0, 0.05) is 19.8 Å². The Morgan fingerprint density at radius 1 is 1.41 bits per heavy atom. The molecule has 0 unspecified atom stereocenters. The molecule has 0 aliphatic carbocycles. The Balaban J connectivity index is 0.00000116. The number of hydrogen-bond acceptors (Lipinski definition) is 4. The van der Waals surface area contributed by atoms with Crippen LogP contribution < -0.4 is 10.5 Å². The Kier molecular flexibility index (Phi) is 6.39. The number of pyridine rings is 1. The van der Waals surface area contributed by atoms with E-state index in [1.165, 1.54) is 10.6 Å². The predicted molar refractivity (Wildman–Crippen MR) is 90.9 cm³/mol. The zero-order chi connectivity index (χ0) is 16.9. The van der Waals surface area contributed by atoms with Gasteiger partial charge in [-0.25, -0.2) is 4.98 Å². The predicted octanol–water partition coefficient (Wildman–Crippen LogP) is 3.26. The molecule has 2 aromatic rings. The summed E-state index contributed by atoms with van der Waals surface area (Å²) in [5, 5.41) is 9.69. The molecule has 2 aromatic heterocycles. The van der Waals surface area contributed by atoms with Crippen molar-refractivity contribution in [3.05, 3.63) is 38.8 Å². The van der Waals surface area contributed by atoms with Gasteiger partial charge >= 0.3 is 0 Å². The van der Waals surface area contributed by atoms with Crippen molar-refractivity contribution in [2.45, 2.75) is 34.1 Å². The Labute approximate surface area is 135 Å². The molecule has 0 radical (unpaired) electrons. The molecule has 0 saturated heterocycles. The fourth-order valence-electron chi connectivity index (χ4n) is 2.04. The third-order valence-electron chi connectivity index (χ3n) is 3.28. The number of anilines is 1. The van der Waals surface area contributed by atoms with Crippen molar-refractivity contribution in [1.29, 1.82) is 5.26 Å². The number of halogens is 1. The summed E-state index contributed by atoms with van der Waals surface area (Å²) in [5.41, 5.74) is 1.09. The summed E-state index contributed by atoms with van der Waals surface area (Å²) in [4.78, 5) is 18.7. The summed E-state index contributed by atoms with van der Waals surface area (Å²) in [6.45, 7) is 8.57. The van der Waals surface area contributed by atoms with Crippen LogP contribution in [0, 0.1) is 11.3 Å². The summed E-state index contributed by atoms with van der Waals surface area (Å²) < 4.78 is 1.35. The molecule has 0 amide bonds. The van der Waals surface area contributed by atoms with Crippen LogP contribution in [-0.4, -0.2) is 23.0 Å². The van der Waals surface area contributed by atoms with Crippen LogP contribution in [0.1, 0.15) is 38.8 Å². The first-order valence-corrected chi connectivity index (χ1v) is 7.77. The van der Waals surface area contributed by atoms with E-state index in [4.69, 9.17) is 11.6 Å². The van der Waals surface area contributed by atoms with Crippen molar-refractivity contribution in [3.8, 4) is 6.07 Å². The lowest BCUT2D eigenvalue weighted by atomic mass is 10.2. The van der Waals surface area contributed by atoms with Gasteiger partial charge < -0.3 is 4.90 Å². The first kappa shape index (κ1) is 18.0. The average Bonchev–Trinajstić information content (AvgIpc) is 2.55. The number of rotatable bonds is 3. The van der Waals surface area contributed by atoms with Gasteiger partial charge in [0.1, 0.15) is 11.7 Å². The van der Waals surface area contributed by atoms with E-state index in [0.717, 1.165) is 5.56 Å². The molecule has 0 aliphatic heterocycles. The van der Waals surface area contributed by atoms with Crippen molar-refractivity contribution >= 4 is 23.1 Å². The lowest BCUT2D eigenvalue weighted by molar-refractivity contribution is 0.908. The second kappa shape index (κ2) is 7.81. The van der Waals surface area contributed by atoms with Gasteiger partial charge in [0.2, 0.25) is 0 Å². The molecule has 0 saturated carbocycles. The fourth-order valence-corrected chi connectivity index (χ4v) is 2.27. The SMILES string of the molecule is CC.CCc1cc(Cl)cn2c(=O)c(C#N)c(N(C)CC)nc12. The van der Waals surface area contributed by atoms with Gasteiger partial charge in [0.25, 0.3) is 5.56 Å². The molecule has 0 aromatic carbocycles. The number of aryl methyl sites for hydroxylation is 1. The first-order chi connectivity index (χ1) is 10.5. The molecule has 2 heterocycles. The molecule has 0 spiro atoms. The summed E-state index contributed by atoms with van der Waals surface area (Å²) >= 11 is 6.02. The minimum atomic E-state index is -0.384. The van der Waals surface area contributed by atoms with E-state index in [0.29, 0.717) is 29.5 Å². The average molecular weight is 321 g/mol. The second-order valence-electron chi connectivity index (χ2n) is 4.47. The Bertz CT molecular complexity index is 761. The quantitative estimate of drug-likeness (QED) is 0.870. The van der Waals surface area contributed by atoms with Gasteiger partial charge in [-0.15, -0.1) is 0 Å². The minimum absolute atomic E-state index is 0.0381. The topological polar surface area (TPSA) is 61.4 Å². The van der Waals surface area contributed by atoms with E-state index in [1.54, 1.807) is 18.0 Å². The van der Waals surface area contributed by atoms with Gasteiger partial charge in [-0.2, -0.15) is 5.26 Å². The number of nitriles is 1. The molecule has 2 rings (SSSR count). The van der Waals surface area contributed by atoms with Gasteiger partial charge in [0.05, 0.1) is 5.02 Å². The molecule has 118 valence electrons. The third kappa shape index (κ3) is 3.23. The highest BCUT2D eigenvalue weighted by atomic mass is 35.5. The zero-order valence-electron chi connectivity index (χ0n) is 13.6. The number of aromatic nitrogens is 2. The van der Waals surface area contributed by atoms with Gasteiger partial charge in [-0.05, 0) is 25.0 Å². The maximum atomic E-state index is 12.4. The second-order valence-corrected chi connectivity index (χ2v) is 4.91. The Hall–Kier alpha value is -2.06. The smallest absolute Gasteiger partial charge is 0.278 e. The summed E-state index contributed by atoms with van der Waals surface area (Å²) in [6, 6.07) is 3.74. The molecule has 22 heavy (non-hydrogen) atoms. The van der Waals surface area contributed by atoms with Crippen LogP contribution in [0.3, 0.4) is 0 Å². The molecule has 0 bridgehead atoms. The molecule has 0 N–H and O–H groups in total. The molecule has 0 atom stereocenters. The van der Waals surface area contributed by atoms with Crippen LogP contribution >= 0.6 is 11.6 Å². The van der Waals surface area contributed by atoms with Gasteiger partial charge in [-0.1, -0.05) is 32.4 Å². The zero-order valence-corrected chi connectivity index (χ0v) is 14.4. The van der Waals surface area contributed by atoms with Crippen LogP contribution in [0.25, 0.3) is 5.65 Å². The third-order valence-corrected chi connectivity index (χ3v) is 3.48. The molecule has 0 fully saturated rings. The summed E-state index contributed by atoms with van der Waals surface area (Å²) in [7, 11) is 1.81. The van der Waals surface area contributed by atoms with Crippen LogP contribution in [0.4, 0.5) is 5.82 Å². The van der Waals surface area contributed by atoms with Gasteiger partial charge in [-0.3, -0.25) is 9.20 Å². The number of hydrogen-bond donors (Lipinski definition) is 0. The van der Waals surface area contributed by atoms with Gasteiger partial charge in [0.15, 0.2) is 11.4 Å². The van der Waals surface area contributed by atoms with Crippen molar-refractivity contribution in [3.63, 3.8) is 0 Å². The van der Waals surface area contributed by atoms with Crippen LogP contribution in [0.2, 0.25) is 5.02 Å². The summed E-state index contributed by atoms with van der Waals surface area (Å²) in [6.07, 6.45) is 2.21. The largest absolute Gasteiger partial charge is 0.359 e. The molecule has 6 heteroatoms. The first-order valence-electron chi connectivity index (χ1n) is 7.39. The maximum absolute atomic E-state index is 12.4. The van der Waals surface area contributed by atoms with Crippen molar-refractivity contribution in [2.75, 3.05) is 18.5 Å². The lowest BCUT2D eigenvalue weighted by Crippen LogP contribution is -2.27. The standard InChI is InChI=1S/C14H15ClN4O.C2H6/c1-4-9-6-10(15)8-19-12(9)17-13(18(3)5-2)11(7-16)14(19)20;1-2/h6,8H,4-5H2,1-3H3;1-2H3. The minimum Gasteiger partial charge on any atom is -0.359 e. The van der Waals surface area contributed by atoms with Crippen molar-refractivity contribution < 1.29 is 0 Å². The van der Waals surface area contributed by atoms with Crippen molar-refractivity contribution in [1.82, 2.24) is 9.38 Å². The number of fused-ring (bicyclic) bond motifs is 1. The lowest BCUT2D eigenvalue weighted by Gasteiger charge is -2.18. The van der Waals surface area contributed by atoms with E-state index in [2.05, 4.69) is 4.98 Å². The normalized spacial score (nSPS) is 9.86. The molecule has 0 aliphatic rings. The molecule has 5 nitrogen and oxygen atoms in total. The van der Waals surface area contributed by atoms with Crippen LogP contribution in [0.5, 0.6) is 0 Å². The van der Waals surface area contributed by atoms with Crippen LogP contribution in [-0.2, 0) is 6.42 Å². The number of nitrogens with zero attached hydrogens (tertiary/aromatic N) is 4. The fraction of sp³-hybridized carbons (Fsp3) is 0.438. The van der Waals surface area contributed by atoms with Crippen LogP contribution in [0.15, 0.2) is 17.1 Å². The molecular formula is C16H21ClN4O. The highest BCUT2D eigenvalue weighted by molar-refractivity contribution is 6.30. The summed E-state index contributed by atoms with van der Waals surface area (Å²) in [5.74, 6) is 0.414. The maximum Gasteiger partial charge on any atom is 0.278 e. The Morgan fingerprint density at radius 3 is 2.55 bits per heavy atom. The monoisotopic (exact) mass is 320 g/mol. The van der Waals surface area contributed by atoms with Crippen molar-refractivity contribution in [2.24, 2.45) is 0 Å².